The van der Waals surface area contributed by atoms with Crippen molar-refractivity contribution in [3.63, 3.8) is 0 Å². The van der Waals surface area contributed by atoms with Crippen molar-refractivity contribution in [1.82, 2.24) is 0 Å². The van der Waals surface area contributed by atoms with Crippen molar-refractivity contribution in [3.05, 3.63) is 212 Å². The molecule has 10 aromatic carbocycles. The maximum Gasteiger partial charge on any atom is 0.143 e. The lowest BCUT2D eigenvalue weighted by Gasteiger charge is -2.27. The number of anilines is 3. The summed E-state index contributed by atoms with van der Waals surface area (Å²) in [5, 5.41) is 9.53. The van der Waals surface area contributed by atoms with Crippen LogP contribution in [0.2, 0.25) is 0 Å². The number of furan rings is 1. The minimum atomic E-state index is 0.887. The van der Waals surface area contributed by atoms with Gasteiger partial charge in [0.25, 0.3) is 0 Å². The quantitative estimate of drug-likeness (QED) is 0.160. The first-order valence-corrected chi connectivity index (χ1v) is 19.2. The fraction of sp³-hybridized carbons (Fsp3) is 0. The van der Waals surface area contributed by atoms with Crippen molar-refractivity contribution in [3.8, 4) is 33.4 Å². The van der Waals surface area contributed by atoms with E-state index in [4.69, 9.17) is 4.42 Å². The van der Waals surface area contributed by atoms with Gasteiger partial charge in [0, 0.05) is 33.2 Å². The van der Waals surface area contributed by atoms with Gasteiger partial charge in [0.1, 0.15) is 11.2 Å². The van der Waals surface area contributed by atoms with E-state index in [1.807, 2.05) is 0 Å². The maximum atomic E-state index is 6.63. The summed E-state index contributed by atoms with van der Waals surface area (Å²) in [6.07, 6.45) is 0. The van der Waals surface area contributed by atoms with Crippen LogP contribution in [0.1, 0.15) is 0 Å². The van der Waals surface area contributed by atoms with Crippen LogP contribution in [-0.2, 0) is 0 Å². The van der Waals surface area contributed by atoms with E-state index in [1.54, 1.807) is 0 Å². The van der Waals surface area contributed by atoms with Crippen molar-refractivity contribution < 1.29 is 4.42 Å². The third-order valence-electron chi connectivity index (χ3n) is 11.2. The summed E-state index contributed by atoms with van der Waals surface area (Å²) in [7, 11) is 0. The molecular formula is C54H35NO. The van der Waals surface area contributed by atoms with Crippen molar-refractivity contribution >= 4 is 71.3 Å². The van der Waals surface area contributed by atoms with Gasteiger partial charge in [-0.2, -0.15) is 0 Å². The molecule has 0 atom stereocenters. The fourth-order valence-corrected chi connectivity index (χ4v) is 8.50. The van der Waals surface area contributed by atoms with Gasteiger partial charge in [-0.05, 0) is 115 Å². The molecule has 0 unspecified atom stereocenters. The third-order valence-corrected chi connectivity index (χ3v) is 11.2. The second kappa shape index (κ2) is 13.2. The molecule has 0 bridgehead atoms. The number of nitrogens with zero attached hydrogens (tertiary/aromatic N) is 1. The fourth-order valence-electron chi connectivity index (χ4n) is 8.50. The van der Waals surface area contributed by atoms with E-state index in [0.29, 0.717) is 0 Å². The molecule has 0 fully saturated rings. The molecule has 0 aliphatic carbocycles. The number of hydrogen-bond acceptors (Lipinski definition) is 2. The number of benzene rings is 10. The van der Waals surface area contributed by atoms with Crippen LogP contribution in [0.15, 0.2) is 217 Å². The minimum Gasteiger partial charge on any atom is -0.455 e. The van der Waals surface area contributed by atoms with Crippen LogP contribution >= 0.6 is 0 Å². The van der Waals surface area contributed by atoms with Gasteiger partial charge in [0.15, 0.2) is 0 Å². The Balaban J connectivity index is 1.07. The minimum absolute atomic E-state index is 0.887. The lowest BCUT2D eigenvalue weighted by atomic mass is 9.95. The highest BCUT2D eigenvalue weighted by molar-refractivity contribution is 6.19. The van der Waals surface area contributed by atoms with E-state index in [0.717, 1.165) is 55.5 Å². The highest BCUT2D eigenvalue weighted by Crippen LogP contribution is 2.43. The summed E-state index contributed by atoms with van der Waals surface area (Å²) in [4.78, 5) is 2.38. The molecule has 2 heteroatoms. The Bertz CT molecular complexity index is 3250. The van der Waals surface area contributed by atoms with Gasteiger partial charge >= 0.3 is 0 Å². The van der Waals surface area contributed by atoms with Crippen LogP contribution in [0.25, 0.3) is 87.6 Å². The Morgan fingerprint density at radius 3 is 1.62 bits per heavy atom. The van der Waals surface area contributed by atoms with E-state index in [1.165, 1.54) is 49.2 Å². The van der Waals surface area contributed by atoms with Crippen molar-refractivity contribution in [2.45, 2.75) is 0 Å². The molecule has 0 saturated carbocycles. The van der Waals surface area contributed by atoms with E-state index in [2.05, 4.69) is 217 Å². The van der Waals surface area contributed by atoms with Gasteiger partial charge in [-0.25, -0.2) is 0 Å². The van der Waals surface area contributed by atoms with Gasteiger partial charge in [-0.3, -0.25) is 0 Å². The van der Waals surface area contributed by atoms with Crippen molar-refractivity contribution in [2.75, 3.05) is 4.90 Å². The molecule has 2 nitrogen and oxygen atoms in total. The molecule has 1 heterocycles. The van der Waals surface area contributed by atoms with Gasteiger partial charge < -0.3 is 9.32 Å². The topological polar surface area (TPSA) is 16.4 Å². The first kappa shape index (κ1) is 32.0. The van der Waals surface area contributed by atoms with Crippen LogP contribution in [0.4, 0.5) is 17.1 Å². The molecule has 0 aliphatic heterocycles. The second-order valence-corrected chi connectivity index (χ2v) is 14.5. The first-order valence-electron chi connectivity index (χ1n) is 19.2. The normalized spacial score (nSPS) is 11.6. The van der Waals surface area contributed by atoms with Gasteiger partial charge in [0.2, 0.25) is 0 Å². The lowest BCUT2D eigenvalue weighted by molar-refractivity contribution is 0.673. The van der Waals surface area contributed by atoms with Crippen LogP contribution in [0.5, 0.6) is 0 Å². The largest absolute Gasteiger partial charge is 0.455 e. The van der Waals surface area contributed by atoms with Crippen molar-refractivity contribution in [1.29, 1.82) is 0 Å². The van der Waals surface area contributed by atoms with Crippen molar-refractivity contribution in [2.24, 2.45) is 0 Å². The monoisotopic (exact) mass is 713 g/mol. The smallest absolute Gasteiger partial charge is 0.143 e. The zero-order valence-corrected chi connectivity index (χ0v) is 30.6. The Hall–Kier alpha value is -7.42. The molecule has 262 valence electrons. The zero-order valence-electron chi connectivity index (χ0n) is 30.6. The average molecular weight is 714 g/mol. The SMILES string of the molecule is c1ccc(-c2cccc(N(c3cccc(-c4ccc5oc6c7ccccc7c(-c7ccccc7)cc6c5c4)c3)c3ccc4c(ccc5ccccc54)c3)c2)cc1. The Morgan fingerprint density at radius 2 is 0.857 bits per heavy atom. The highest BCUT2D eigenvalue weighted by Gasteiger charge is 2.18. The summed E-state index contributed by atoms with van der Waals surface area (Å²) < 4.78 is 6.63. The van der Waals surface area contributed by atoms with E-state index in [9.17, 15) is 0 Å². The molecule has 11 aromatic rings. The number of hydrogen-bond donors (Lipinski definition) is 0. The summed E-state index contributed by atoms with van der Waals surface area (Å²) in [5.74, 6) is 0. The molecule has 0 radical (unpaired) electrons. The van der Waals surface area contributed by atoms with Crippen LogP contribution in [-0.4, -0.2) is 0 Å². The van der Waals surface area contributed by atoms with E-state index in [-0.39, 0.29) is 0 Å². The molecule has 0 N–H and O–H groups in total. The predicted molar refractivity (Wildman–Crippen MR) is 237 cm³/mol. The molecule has 11 rings (SSSR count). The Morgan fingerprint density at radius 1 is 0.286 bits per heavy atom. The number of rotatable bonds is 6. The highest BCUT2D eigenvalue weighted by atomic mass is 16.3. The lowest BCUT2D eigenvalue weighted by Crippen LogP contribution is -2.10. The molecule has 0 amide bonds. The molecule has 56 heavy (non-hydrogen) atoms. The van der Waals surface area contributed by atoms with Gasteiger partial charge in [-0.15, -0.1) is 0 Å². The average Bonchev–Trinajstić information content (AvgIpc) is 3.65. The molecule has 1 aromatic heterocycles. The van der Waals surface area contributed by atoms with Crippen LogP contribution < -0.4 is 4.90 Å². The van der Waals surface area contributed by atoms with E-state index >= 15 is 0 Å². The molecule has 0 aliphatic rings. The third kappa shape index (κ3) is 5.42. The molecule has 0 saturated heterocycles. The summed E-state index contributed by atoms with van der Waals surface area (Å²) in [6, 6.07) is 76.5. The Labute approximate surface area is 325 Å². The Kier molecular flexibility index (Phi) is 7.53. The first-order chi connectivity index (χ1) is 27.7. The van der Waals surface area contributed by atoms with Crippen LogP contribution in [0, 0.1) is 0 Å². The predicted octanol–water partition coefficient (Wildman–Crippen LogP) is 15.5. The standard InChI is InChI=1S/C54H35NO/c1-3-13-36(14-4-1)39-18-11-20-43(31-39)55(45-28-29-47-42(33-45)26-25-38-17-7-8-22-46(38)47)44-21-12-19-40(32-44)41-27-30-53-51(34-41)52-35-50(37-15-5-2-6-16-37)48-23-9-10-24-49(48)54(52)56-53/h1-35H. The van der Waals surface area contributed by atoms with E-state index < -0.39 is 0 Å². The summed E-state index contributed by atoms with van der Waals surface area (Å²) >= 11 is 0. The summed E-state index contributed by atoms with van der Waals surface area (Å²) in [5.41, 5.74) is 12.1. The maximum absolute atomic E-state index is 6.63. The molecule has 0 spiro atoms. The summed E-state index contributed by atoms with van der Waals surface area (Å²) in [6.45, 7) is 0. The van der Waals surface area contributed by atoms with Crippen LogP contribution in [0.3, 0.4) is 0 Å². The van der Waals surface area contributed by atoms with Gasteiger partial charge in [-0.1, -0.05) is 158 Å². The number of fused-ring (bicyclic) bond motifs is 8. The zero-order chi connectivity index (χ0) is 37.0. The van der Waals surface area contributed by atoms with Gasteiger partial charge in [0.05, 0.1) is 0 Å². The second-order valence-electron chi connectivity index (χ2n) is 14.5. The molecular weight excluding hydrogens is 679 g/mol.